The third-order valence-corrected chi connectivity index (χ3v) is 9.58. The van der Waals surface area contributed by atoms with Gasteiger partial charge in [0, 0.05) is 25.1 Å². The molecule has 9 heteroatoms. The van der Waals surface area contributed by atoms with Crippen molar-refractivity contribution in [1.82, 2.24) is 10.2 Å². The first-order valence-electron chi connectivity index (χ1n) is 15.1. The molecule has 45 heavy (non-hydrogen) atoms. The van der Waals surface area contributed by atoms with Gasteiger partial charge in [-0.2, -0.15) is 0 Å². The number of nitrogens with zero attached hydrogens (tertiary/aromatic N) is 2. The highest BCUT2D eigenvalue weighted by Gasteiger charge is 2.35. The van der Waals surface area contributed by atoms with Gasteiger partial charge >= 0.3 is 0 Å². The van der Waals surface area contributed by atoms with Gasteiger partial charge in [0.1, 0.15) is 18.4 Å². The van der Waals surface area contributed by atoms with Crippen molar-refractivity contribution in [3.05, 3.63) is 131 Å². The van der Waals surface area contributed by atoms with Crippen LogP contribution in [-0.4, -0.2) is 44.3 Å². The van der Waals surface area contributed by atoms with Gasteiger partial charge in [-0.15, -0.1) is 0 Å². The Balaban J connectivity index is 1.81. The summed E-state index contributed by atoms with van der Waals surface area (Å²) in [7, 11) is -4.20. The Morgan fingerprint density at radius 3 is 2.13 bits per heavy atom. The molecule has 0 spiro atoms. The number of amides is 2. The number of hydrogen-bond acceptors (Lipinski definition) is 4. The Kier molecular flexibility index (Phi) is 11.5. The molecule has 0 aliphatic carbocycles. The van der Waals surface area contributed by atoms with E-state index in [2.05, 4.69) is 5.32 Å². The van der Waals surface area contributed by atoms with Crippen molar-refractivity contribution < 1.29 is 22.4 Å². The highest BCUT2D eigenvalue weighted by molar-refractivity contribution is 7.92. The maximum Gasteiger partial charge on any atom is 0.264 e. The van der Waals surface area contributed by atoms with Crippen molar-refractivity contribution in [2.75, 3.05) is 17.4 Å². The summed E-state index contributed by atoms with van der Waals surface area (Å²) in [5.41, 5.74) is 3.16. The SMILES string of the molecule is CCCCNC(=O)C(Cc1ccccc1)N(Cc1ccccc1F)C(=O)CN(c1ccc(C)c(C)c1)S(=O)(=O)c1ccccc1. The van der Waals surface area contributed by atoms with Crippen molar-refractivity contribution in [2.24, 2.45) is 0 Å². The first kappa shape index (κ1) is 33.4. The van der Waals surface area contributed by atoms with E-state index >= 15 is 4.39 Å². The predicted octanol–water partition coefficient (Wildman–Crippen LogP) is 6.19. The van der Waals surface area contributed by atoms with E-state index in [1.807, 2.05) is 51.1 Å². The third kappa shape index (κ3) is 8.57. The van der Waals surface area contributed by atoms with E-state index in [-0.39, 0.29) is 29.3 Å². The number of unbranched alkanes of at least 4 members (excludes halogenated alkanes) is 1. The molecule has 2 amide bonds. The second-order valence-corrected chi connectivity index (χ2v) is 12.9. The maximum absolute atomic E-state index is 15.0. The Hall–Kier alpha value is -4.50. The van der Waals surface area contributed by atoms with E-state index in [1.54, 1.807) is 54.6 Å². The fourth-order valence-electron chi connectivity index (χ4n) is 5.00. The van der Waals surface area contributed by atoms with Crippen molar-refractivity contribution >= 4 is 27.5 Å². The van der Waals surface area contributed by atoms with Gasteiger partial charge in [0.05, 0.1) is 10.6 Å². The van der Waals surface area contributed by atoms with Gasteiger partial charge in [0.15, 0.2) is 0 Å². The highest BCUT2D eigenvalue weighted by atomic mass is 32.2. The van der Waals surface area contributed by atoms with E-state index in [1.165, 1.54) is 23.1 Å². The molecule has 7 nitrogen and oxygen atoms in total. The first-order chi connectivity index (χ1) is 21.6. The van der Waals surface area contributed by atoms with Gasteiger partial charge in [-0.1, -0.05) is 86.1 Å². The fourth-order valence-corrected chi connectivity index (χ4v) is 6.43. The molecule has 0 aliphatic heterocycles. The molecule has 4 aromatic carbocycles. The average Bonchev–Trinajstić information content (AvgIpc) is 3.04. The van der Waals surface area contributed by atoms with E-state index in [4.69, 9.17) is 0 Å². The zero-order valence-corrected chi connectivity index (χ0v) is 26.8. The lowest BCUT2D eigenvalue weighted by molar-refractivity contribution is -0.140. The molecule has 0 aliphatic rings. The van der Waals surface area contributed by atoms with Crippen molar-refractivity contribution in [1.29, 1.82) is 0 Å². The molecule has 1 unspecified atom stereocenters. The lowest BCUT2D eigenvalue weighted by atomic mass is 10.0. The predicted molar refractivity (Wildman–Crippen MR) is 176 cm³/mol. The number of anilines is 1. The number of halogens is 1. The standard InChI is InChI=1S/C36H40FN3O4S/c1-4-5-22-38-36(42)34(24-29-14-8-6-9-15-29)39(25-30-16-12-13-19-33(30)37)35(41)26-40(31-21-20-27(2)28(3)23-31)45(43,44)32-17-10-7-11-18-32/h6-21,23,34H,4-5,22,24-26H2,1-3H3,(H,38,42). The number of benzene rings is 4. The Bertz CT molecular complexity index is 1700. The molecule has 4 aromatic rings. The molecule has 4 rings (SSSR count). The summed E-state index contributed by atoms with van der Waals surface area (Å²) < 4.78 is 44.3. The fraction of sp³-hybridized carbons (Fsp3) is 0.278. The Labute approximate surface area is 265 Å². The van der Waals surface area contributed by atoms with Gasteiger partial charge in [-0.05, 0) is 67.3 Å². The van der Waals surface area contributed by atoms with E-state index in [0.29, 0.717) is 12.2 Å². The van der Waals surface area contributed by atoms with Crippen LogP contribution in [0.4, 0.5) is 10.1 Å². The van der Waals surface area contributed by atoms with Crippen LogP contribution in [0.2, 0.25) is 0 Å². The smallest absolute Gasteiger partial charge is 0.264 e. The molecule has 1 N–H and O–H groups in total. The van der Waals surface area contributed by atoms with Gasteiger partial charge in [-0.25, -0.2) is 12.8 Å². The van der Waals surface area contributed by atoms with Crippen LogP contribution in [0, 0.1) is 19.7 Å². The van der Waals surface area contributed by atoms with Crippen molar-refractivity contribution in [3.63, 3.8) is 0 Å². The second-order valence-electron chi connectivity index (χ2n) is 11.1. The minimum atomic E-state index is -4.20. The molecule has 0 radical (unpaired) electrons. The number of carbonyl (C=O) groups is 2. The minimum absolute atomic E-state index is 0.0230. The quantitative estimate of drug-likeness (QED) is 0.169. The van der Waals surface area contributed by atoms with Gasteiger partial charge in [0.25, 0.3) is 10.0 Å². The molecular formula is C36H40FN3O4S. The molecule has 0 saturated heterocycles. The largest absolute Gasteiger partial charge is 0.354 e. The van der Waals surface area contributed by atoms with Crippen LogP contribution in [0.15, 0.2) is 108 Å². The van der Waals surface area contributed by atoms with Crippen molar-refractivity contribution in [3.8, 4) is 0 Å². The minimum Gasteiger partial charge on any atom is -0.354 e. The molecular weight excluding hydrogens is 589 g/mol. The summed E-state index contributed by atoms with van der Waals surface area (Å²) in [6.07, 6.45) is 1.78. The normalized spacial score (nSPS) is 11.9. The summed E-state index contributed by atoms with van der Waals surface area (Å²) >= 11 is 0. The molecule has 0 heterocycles. The average molecular weight is 630 g/mol. The third-order valence-electron chi connectivity index (χ3n) is 7.79. The lowest BCUT2D eigenvalue weighted by Gasteiger charge is -2.34. The zero-order valence-electron chi connectivity index (χ0n) is 25.9. The summed E-state index contributed by atoms with van der Waals surface area (Å²) in [6.45, 7) is 5.39. The first-order valence-corrected chi connectivity index (χ1v) is 16.6. The summed E-state index contributed by atoms with van der Waals surface area (Å²) in [6, 6.07) is 27.4. The van der Waals surface area contributed by atoms with Crippen LogP contribution >= 0.6 is 0 Å². The van der Waals surface area contributed by atoms with Crippen molar-refractivity contribution in [2.45, 2.75) is 57.5 Å². The molecule has 0 bridgehead atoms. The number of sulfonamides is 1. The molecule has 0 fully saturated rings. The van der Waals surface area contributed by atoms with Gasteiger partial charge in [-0.3, -0.25) is 13.9 Å². The van der Waals surface area contributed by atoms with Crippen LogP contribution in [-0.2, 0) is 32.6 Å². The Morgan fingerprint density at radius 1 is 0.844 bits per heavy atom. The molecule has 0 saturated carbocycles. The van der Waals surface area contributed by atoms with E-state index in [0.717, 1.165) is 33.8 Å². The molecule has 0 aromatic heterocycles. The number of aryl methyl sites for hydroxylation is 2. The number of carbonyl (C=O) groups excluding carboxylic acids is 2. The number of rotatable bonds is 14. The summed E-state index contributed by atoms with van der Waals surface area (Å²) in [5, 5.41) is 2.94. The lowest BCUT2D eigenvalue weighted by Crippen LogP contribution is -2.53. The second kappa shape index (κ2) is 15.5. The molecule has 236 valence electrons. The van der Waals surface area contributed by atoms with Crippen LogP contribution in [0.25, 0.3) is 0 Å². The Morgan fingerprint density at radius 2 is 1.49 bits per heavy atom. The van der Waals surface area contributed by atoms with E-state index in [9.17, 15) is 18.0 Å². The molecule has 1 atom stereocenters. The van der Waals surface area contributed by atoms with E-state index < -0.39 is 34.3 Å². The topological polar surface area (TPSA) is 86.8 Å². The van der Waals surface area contributed by atoms with Gasteiger partial charge < -0.3 is 10.2 Å². The number of nitrogens with one attached hydrogen (secondary N) is 1. The van der Waals surface area contributed by atoms with Crippen LogP contribution in [0.3, 0.4) is 0 Å². The zero-order chi connectivity index (χ0) is 32.4. The monoisotopic (exact) mass is 629 g/mol. The van der Waals surface area contributed by atoms with Gasteiger partial charge in [0.2, 0.25) is 11.8 Å². The highest BCUT2D eigenvalue weighted by Crippen LogP contribution is 2.27. The van der Waals surface area contributed by atoms with Crippen LogP contribution < -0.4 is 9.62 Å². The summed E-state index contributed by atoms with van der Waals surface area (Å²) in [4.78, 5) is 29.6. The van der Waals surface area contributed by atoms with Crippen LogP contribution in [0.1, 0.15) is 42.0 Å². The number of hydrogen-bond donors (Lipinski definition) is 1. The summed E-state index contributed by atoms with van der Waals surface area (Å²) in [5.74, 6) is -1.55. The maximum atomic E-state index is 15.0. The van der Waals surface area contributed by atoms with Crippen LogP contribution in [0.5, 0.6) is 0 Å².